The number of carboxylic acids is 1. The molecule has 17 heavy (non-hydrogen) atoms. The molecule has 0 saturated heterocycles. The highest BCUT2D eigenvalue weighted by Crippen LogP contribution is 2.48. The van der Waals surface area contributed by atoms with E-state index in [1.165, 1.54) is 0 Å². The number of benzene rings is 1. The molecule has 1 aromatic carbocycles. The molecule has 0 radical (unpaired) electrons. The molecule has 0 aromatic heterocycles. The van der Waals surface area contributed by atoms with Gasteiger partial charge >= 0.3 is 5.97 Å². The normalized spacial score (nSPS) is 27.3. The minimum atomic E-state index is -0.882. The van der Waals surface area contributed by atoms with Crippen molar-refractivity contribution < 1.29 is 19.0 Å². The van der Waals surface area contributed by atoms with Crippen molar-refractivity contribution in [2.45, 2.75) is 30.8 Å². The van der Waals surface area contributed by atoms with Gasteiger partial charge in [0.15, 0.2) is 0 Å². The lowest BCUT2D eigenvalue weighted by atomic mass is 9.61. The second-order valence-electron chi connectivity index (χ2n) is 4.58. The van der Waals surface area contributed by atoms with Gasteiger partial charge in [-0.25, -0.2) is 4.39 Å². The summed E-state index contributed by atoms with van der Waals surface area (Å²) in [4.78, 5) is 10.9. The maximum absolute atomic E-state index is 13.1. The van der Waals surface area contributed by atoms with Gasteiger partial charge < -0.3 is 9.84 Å². The third kappa shape index (κ3) is 2.25. The monoisotopic (exact) mass is 238 g/mol. The van der Waals surface area contributed by atoms with Crippen LogP contribution in [0.2, 0.25) is 0 Å². The van der Waals surface area contributed by atoms with Crippen molar-refractivity contribution in [1.82, 2.24) is 0 Å². The second kappa shape index (κ2) is 4.35. The van der Waals surface area contributed by atoms with Crippen LogP contribution in [0.25, 0.3) is 0 Å². The zero-order valence-corrected chi connectivity index (χ0v) is 9.65. The Morgan fingerprint density at radius 1 is 1.47 bits per heavy atom. The maximum atomic E-state index is 13.1. The van der Waals surface area contributed by atoms with Crippen molar-refractivity contribution in [3.63, 3.8) is 0 Å². The van der Waals surface area contributed by atoms with Gasteiger partial charge in [0.25, 0.3) is 0 Å². The Morgan fingerprint density at radius 2 is 2.06 bits per heavy atom. The quantitative estimate of drug-likeness (QED) is 0.876. The third-order valence-electron chi connectivity index (χ3n) is 3.42. The number of rotatable bonds is 4. The summed E-state index contributed by atoms with van der Waals surface area (Å²) < 4.78 is 18.1. The van der Waals surface area contributed by atoms with Crippen LogP contribution in [0.15, 0.2) is 24.3 Å². The molecule has 0 unspecified atom stereocenters. The van der Waals surface area contributed by atoms with E-state index in [0.29, 0.717) is 12.8 Å². The number of halogens is 1. The van der Waals surface area contributed by atoms with Crippen molar-refractivity contribution in [3.05, 3.63) is 29.8 Å². The molecule has 92 valence electrons. The van der Waals surface area contributed by atoms with Crippen molar-refractivity contribution in [2.75, 3.05) is 7.11 Å². The van der Waals surface area contributed by atoms with E-state index in [1.807, 2.05) is 12.1 Å². The lowest BCUT2D eigenvalue weighted by Gasteiger charge is -2.43. The number of methoxy groups -OCH3 is 1. The van der Waals surface area contributed by atoms with E-state index < -0.39 is 17.6 Å². The summed E-state index contributed by atoms with van der Waals surface area (Å²) >= 11 is 0. The molecule has 3 nitrogen and oxygen atoms in total. The number of carbonyl (C=O) groups is 1. The van der Waals surface area contributed by atoms with Crippen LogP contribution in [-0.4, -0.2) is 24.4 Å². The van der Waals surface area contributed by atoms with E-state index in [1.54, 1.807) is 19.2 Å². The molecule has 0 bridgehead atoms. The molecular weight excluding hydrogens is 223 g/mol. The van der Waals surface area contributed by atoms with Crippen molar-refractivity contribution in [1.29, 1.82) is 0 Å². The molecule has 1 saturated carbocycles. The Balaban J connectivity index is 2.23. The van der Waals surface area contributed by atoms with Crippen LogP contribution in [0.5, 0.6) is 5.75 Å². The van der Waals surface area contributed by atoms with Gasteiger partial charge in [-0.2, -0.15) is 0 Å². The van der Waals surface area contributed by atoms with Crippen LogP contribution in [-0.2, 0) is 10.2 Å². The van der Waals surface area contributed by atoms with Crippen molar-refractivity contribution in [3.8, 4) is 5.75 Å². The Kier molecular flexibility index (Phi) is 3.05. The Hall–Kier alpha value is -1.58. The fraction of sp³-hybridized carbons (Fsp3) is 0.462. The van der Waals surface area contributed by atoms with Gasteiger partial charge in [-0.3, -0.25) is 4.79 Å². The van der Waals surface area contributed by atoms with Crippen molar-refractivity contribution in [2.24, 2.45) is 0 Å². The van der Waals surface area contributed by atoms with E-state index in [2.05, 4.69) is 0 Å². The predicted octanol–water partition coefficient (Wildman–Crippen LogP) is 2.54. The van der Waals surface area contributed by atoms with E-state index >= 15 is 0 Å². The third-order valence-corrected chi connectivity index (χ3v) is 3.42. The summed E-state index contributed by atoms with van der Waals surface area (Å²) in [5.74, 6) is -0.164. The van der Waals surface area contributed by atoms with Gasteiger partial charge in [0.05, 0.1) is 13.5 Å². The number of hydrogen-bond donors (Lipinski definition) is 1. The maximum Gasteiger partial charge on any atom is 0.304 e. The Bertz CT molecular complexity index is 407. The highest BCUT2D eigenvalue weighted by molar-refractivity contribution is 5.69. The minimum Gasteiger partial charge on any atom is -0.497 e. The average Bonchev–Trinajstić information content (AvgIpc) is 2.26. The molecule has 0 heterocycles. The van der Waals surface area contributed by atoms with Gasteiger partial charge in [-0.05, 0) is 30.5 Å². The summed E-state index contributed by atoms with van der Waals surface area (Å²) in [5, 5.41) is 8.92. The Labute approximate surface area is 99.2 Å². The molecule has 0 amide bonds. The molecule has 2 rings (SSSR count). The molecule has 0 aliphatic heterocycles. The first kappa shape index (κ1) is 11.9. The fourth-order valence-corrected chi connectivity index (χ4v) is 2.50. The summed E-state index contributed by atoms with van der Waals surface area (Å²) in [6, 6.07) is 7.22. The smallest absolute Gasteiger partial charge is 0.304 e. The molecule has 1 aromatic rings. The largest absolute Gasteiger partial charge is 0.497 e. The molecule has 1 N–H and O–H groups in total. The predicted molar refractivity (Wildman–Crippen MR) is 61.1 cm³/mol. The SMILES string of the molecule is COc1ccc(C2(CC(=O)O)CC(F)C2)cc1. The topological polar surface area (TPSA) is 46.5 Å². The van der Waals surface area contributed by atoms with Crippen LogP contribution in [0, 0.1) is 0 Å². The standard InChI is InChI=1S/C13H15FO3/c1-17-11-4-2-9(3-5-11)13(8-12(15)16)6-10(14)7-13/h2-5,10H,6-8H2,1H3,(H,15,16). The minimum absolute atomic E-state index is 0.0141. The first-order valence-corrected chi connectivity index (χ1v) is 5.56. The van der Waals surface area contributed by atoms with E-state index in [0.717, 1.165) is 11.3 Å². The lowest BCUT2D eigenvalue weighted by molar-refractivity contribution is -0.140. The molecule has 1 fully saturated rings. The van der Waals surface area contributed by atoms with Crippen LogP contribution < -0.4 is 4.74 Å². The van der Waals surface area contributed by atoms with Crippen LogP contribution in [0.1, 0.15) is 24.8 Å². The van der Waals surface area contributed by atoms with Crippen LogP contribution in [0.4, 0.5) is 4.39 Å². The van der Waals surface area contributed by atoms with Gasteiger partial charge in [-0.1, -0.05) is 12.1 Å². The number of alkyl halides is 1. The van der Waals surface area contributed by atoms with E-state index in [-0.39, 0.29) is 6.42 Å². The summed E-state index contributed by atoms with van der Waals surface area (Å²) in [6.45, 7) is 0. The van der Waals surface area contributed by atoms with E-state index in [9.17, 15) is 9.18 Å². The van der Waals surface area contributed by atoms with Gasteiger partial charge in [0.1, 0.15) is 11.9 Å². The fourth-order valence-electron chi connectivity index (χ4n) is 2.50. The number of hydrogen-bond acceptors (Lipinski definition) is 2. The van der Waals surface area contributed by atoms with Crippen LogP contribution in [0.3, 0.4) is 0 Å². The van der Waals surface area contributed by atoms with Crippen molar-refractivity contribution >= 4 is 5.97 Å². The Morgan fingerprint density at radius 3 is 2.47 bits per heavy atom. The first-order chi connectivity index (χ1) is 8.05. The zero-order valence-electron chi connectivity index (χ0n) is 9.65. The molecule has 0 atom stereocenters. The van der Waals surface area contributed by atoms with Gasteiger partial charge in [-0.15, -0.1) is 0 Å². The number of aliphatic carboxylic acids is 1. The molecular formula is C13H15FO3. The summed E-state index contributed by atoms with van der Waals surface area (Å²) in [7, 11) is 1.57. The number of ether oxygens (including phenoxy) is 1. The average molecular weight is 238 g/mol. The highest BCUT2D eigenvalue weighted by atomic mass is 19.1. The molecule has 1 aliphatic carbocycles. The number of carboxylic acid groups (broad SMARTS) is 1. The van der Waals surface area contributed by atoms with E-state index in [4.69, 9.17) is 9.84 Å². The van der Waals surface area contributed by atoms with Gasteiger partial charge in [0.2, 0.25) is 0 Å². The summed E-state index contributed by atoms with van der Waals surface area (Å²) in [5.41, 5.74) is 0.354. The molecule has 0 spiro atoms. The zero-order chi connectivity index (χ0) is 12.5. The molecule has 1 aliphatic rings. The second-order valence-corrected chi connectivity index (χ2v) is 4.58. The molecule has 4 heteroatoms. The van der Waals surface area contributed by atoms with Gasteiger partial charge in [0, 0.05) is 5.41 Å². The lowest BCUT2D eigenvalue weighted by Crippen LogP contribution is -2.44. The summed E-state index contributed by atoms with van der Waals surface area (Å²) in [6.07, 6.45) is -0.298. The van der Waals surface area contributed by atoms with Crippen LogP contribution >= 0.6 is 0 Å². The highest BCUT2D eigenvalue weighted by Gasteiger charge is 2.47. The first-order valence-electron chi connectivity index (χ1n) is 5.56.